The van der Waals surface area contributed by atoms with Gasteiger partial charge in [-0.15, -0.1) is 0 Å². The van der Waals surface area contributed by atoms with Crippen LogP contribution in [0.15, 0.2) is 42.5 Å². The summed E-state index contributed by atoms with van der Waals surface area (Å²) in [5.74, 6) is 1.26. The van der Waals surface area contributed by atoms with Gasteiger partial charge in [-0.3, -0.25) is 14.5 Å². The quantitative estimate of drug-likeness (QED) is 0.616. The first kappa shape index (κ1) is 23.2. The fraction of sp³-hybridized carbons (Fsp3) is 0.375. The van der Waals surface area contributed by atoms with Gasteiger partial charge in [-0.2, -0.15) is 0 Å². The van der Waals surface area contributed by atoms with Crippen LogP contribution in [0.25, 0.3) is 0 Å². The SMILES string of the molecule is COc1ccc([C@@]2(C)NC(=O)N(CC(=O)N(C)C[C@H]3COc4ccccc4O3)C2=O)cc1OC. The number of fused-ring (bicyclic) bond motifs is 1. The molecule has 0 unspecified atom stereocenters. The third-order valence-electron chi connectivity index (χ3n) is 6.00. The van der Waals surface area contributed by atoms with E-state index in [4.69, 9.17) is 18.9 Å². The molecule has 0 saturated carbocycles. The molecule has 0 bridgehead atoms. The molecule has 10 heteroatoms. The molecule has 10 nitrogen and oxygen atoms in total. The van der Waals surface area contributed by atoms with Crippen LogP contribution in [0.1, 0.15) is 12.5 Å². The first-order chi connectivity index (χ1) is 16.3. The fourth-order valence-electron chi connectivity index (χ4n) is 4.00. The number of hydrogen-bond donors (Lipinski definition) is 1. The van der Waals surface area contributed by atoms with Gasteiger partial charge in [0.05, 0.1) is 20.8 Å². The monoisotopic (exact) mass is 469 g/mol. The second kappa shape index (κ2) is 9.12. The number of methoxy groups -OCH3 is 2. The van der Waals surface area contributed by atoms with Crippen LogP contribution in [-0.2, 0) is 15.1 Å². The maximum Gasteiger partial charge on any atom is 0.325 e. The van der Waals surface area contributed by atoms with Crippen LogP contribution < -0.4 is 24.3 Å². The Kier molecular flexibility index (Phi) is 6.23. The largest absolute Gasteiger partial charge is 0.493 e. The number of carbonyl (C=O) groups is 3. The number of ether oxygens (including phenoxy) is 4. The van der Waals surface area contributed by atoms with Gasteiger partial charge in [0.2, 0.25) is 5.91 Å². The predicted molar refractivity (Wildman–Crippen MR) is 121 cm³/mol. The third-order valence-corrected chi connectivity index (χ3v) is 6.00. The van der Waals surface area contributed by atoms with E-state index < -0.39 is 29.9 Å². The highest BCUT2D eigenvalue weighted by atomic mass is 16.6. The topological polar surface area (TPSA) is 107 Å². The summed E-state index contributed by atoms with van der Waals surface area (Å²) in [6, 6.07) is 11.6. The van der Waals surface area contributed by atoms with Gasteiger partial charge in [-0.1, -0.05) is 18.2 Å². The van der Waals surface area contributed by atoms with E-state index in [1.54, 1.807) is 38.2 Å². The average molecular weight is 469 g/mol. The van der Waals surface area contributed by atoms with Crippen LogP contribution >= 0.6 is 0 Å². The summed E-state index contributed by atoms with van der Waals surface area (Å²) in [4.78, 5) is 41.1. The van der Waals surface area contributed by atoms with Crippen molar-refractivity contribution in [1.82, 2.24) is 15.1 Å². The second-order valence-electron chi connectivity index (χ2n) is 8.29. The highest BCUT2D eigenvalue weighted by Crippen LogP contribution is 2.35. The average Bonchev–Trinajstić information content (AvgIpc) is 3.07. The zero-order valence-corrected chi connectivity index (χ0v) is 19.5. The molecule has 4 rings (SSSR count). The van der Waals surface area contributed by atoms with Crippen molar-refractivity contribution in [3.05, 3.63) is 48.0 Å². The number of rotatable bonds is 7. The lowest BCUT2D eigenvalue weighted by atomic mass is 9.91. The van der Waals surface area contributed by atoms with Gasteiger partial charge >= 0.3 is 6.03 Å². The van der Waals surface area contributed by atoms with Crippen molar-refractivity contribution in [3.63, 3.8) is 0 Å². The van der Waals surface area contributed by atoms with E-state index in [9.17, 15) is 14.4 Å². The molecule has 0 spiro atoms. The van der Waals surface area contributed by atoms with Gasteiger partial charge in [0.1, 0.15) is 18.7 Å². The minimum Gasteiger partial charge on any atom is -0.493 e. The number of carbonyl (C=O) groups excluding carboxylic acids is 3. The number of para-hydroxylation sites is 2. The van der Waals surface area contributed by atoms with Crippen molar-refractivity contribution >= 4 is 17.8 Å². The van der Waals surface area contributed by atoms with Crippen molar-refractivity contribution in [2.24, 2.45) is 0 Å². The van der Waals surface area contributed by atoms with Crippen LogP contribution in [0.5, 0.6) is 23.0 Å². The van der Waals surface area contributed by atoms with Crippen molar-refractivity contribution in [3.8, 4) is 23.0 Å². The summed E-state index contributed by atoms with van der Waals surface area (Å²) in [6.07, 6.45) is -0.371. The Morgan fingerprint density at radius 1 is 1.15 bits per heavy atom. The Labute approximate surface area is 197 Å². The summed E-state index contributed by atoms with van der Waals surface area (Å²) >= 11 is 0. The molecule has 2 aliphatic heterocycles. The van der Waals surface area contributed by atoms with Gasteiger partial charge in [0, 0.05) is 7.05 Å². The van der Waals surface area contributed by atoms with Crippen LogP contribution in [-0.4, -0.2) is 74.7 Å². The maximum absolute atomic E-state index is 13.2. The van der Waals surface area contributed by atoms with Crippen molar-refractivity contribution in [2.75, 3.05) is 41.0 Å². The van der Waals surface area contributed by atoms with Crippen molar-refractivity contribution in [1.29, 1.82) is 0 Å². The van der Waals surface area contributed by atoms with Crippen molar-refractivity contribution < 1.29 is 33.3 Å². The number of hydrogen-bond acceptors (Lipinski definition) is 7. The minimum absolute atomic E-state index is 0.240. The van der Waals surface area contributed by atoms with Crippen LogP contribution in [0.2, 0.25) is 0 Å². The molecule has 0 radical (unpaired) electrons. The van der Waals surface area contributed by atoms with E-state index in [2.05, 4.69) is 5.32 Å². The smallest absolute Gasteiger partial charge is 0.325 e. The van der Waals surface area contributed by atoms with Crippen LogP contribution in [0, 0.1) is 0 Å². The third kappa shape index (κ3) is 4.18. The summed E-state index contributed by atoms with van der Waals surface area (Å²) in [6.45, 7) is 1.72. The van der Waals surface area contributed by atoms with E-state index in [1.807, 2.05) is 18.2 Å². The molecule has 2 aromatic rings. The van der Waals surface area contributed by atoms with E-state index in [0.717, 1.165) is 4.90 Å². The van der Waals surface area contributed by atoms with E-state index in [1.165, 1.54) is 19.1 Å². The normalized spacial score (nSPS) is 21.2. The Hall–Kier alpha value is -3.95. The Morgan fingerprint density at radius 3 is 2.56 bits per heavy atom. The number of imide groups is 1. The molecule has 1 saturated heterocycles. The Morgan fingerprint density at radius 2 is 1.85 bits per heavy atom. The molecule has 2 atom stereocenters. The number of amides is 4. The lowest BCUT2D eigenvalue weighted by molar-refractivity contribution is -0.138. The summed E-state index contributed by atoms with van der Waals surface area (Å²) in [5, 5.41) is 2.70. The van der Waals surface area contributed by atoms with Gasteiger partial charge in [0.15, 0.2) is 29.1 Å². The second-order valence-corrected chi connectivity index (χ2v) is 8.29. The molecule has 34 heavy (non-hydrogen) atoms. The Balaban J connectivity index is 1.42. The first-order valence-electron chi connectivity index (χ1n) is 10.8. The van der Waals surface area contributed by atoms with Crippen LogP contribution in [0.3, 0.4) is 0 Å². The molecule has 180 valence electrons. The highest BCUT2D eigenvalue weighted by molar-refractivity contribution is 6.09. The van der Waals surface area contributed by atoms with E-state index >= 15 is 0 Å². The molecular formula is C24H27N3O7. The lowest BCUT2D eigenvalue weighted by Crippen LogP contribution is -2.47. The molecule has 0 aromatic heterocycles. The molecule has 0 aliphatic carbocycles. The minimum atomic E-state index is -1.35. The molecule has 2 heterocycles. The lowest BCUT2D eigenvalue weighted by Gasteiger charge is -2.30. The number of nitrogens with zero attached hydrogens (tertiary/aromatic N) is 2. The first-order valence-corrected chi connectivity index (χ1v) is 10.8. The van der Waals surface area contributed by atoms with Gasteiger partial charge in [-0.25, -0.2) is 4.79 Å². The summed E-state index contributed by atoms with van der Waals surface area (Å²) in [7, 11) is 4.59. The summed E-state index contributed by atoms with van der Waals surface area (Å²) in [5.41, 5.74) is -0.835. The number of likely N-dealkylation sites (N-methyl/N-ethyl adjacent to an activating group) is 1. The van der Waals surface area contributed by atoms with E-state index in [-0.39, 0.29) is 19.3 Å². The van der Waals surface area contributed by atoms with Crippen molar-refractivity contribution in [2.45, 2.75) is 18.6 Å². The summed E-state index contributed by atoms with van der Waals surface area (Å²) < 4.78 is 22.1. The van der Waals surface area contributed by atoms with Gasteiger partial charge in [-0.05, 0) is 36.8 Å². The molecule has 2 aromatic carbocycles. The number of benzene rings is 2. The predicted octanol–water partition coefficient (Wildman–Crippen LogP) is 1.77. The van der Waals surface area contributed by atoms with Gasteiger partial charge < -0.3 is 29.2 Å². The molecule has 2 aliphatic rings. The molecule has 1 fully saturated rings. The van der Waals surface area contributed by atoms with E-state index in [0.29, 0.717) is 28.6 Å². The molecule has 4 amide bonds. The maximum atomic E-state index is 13.2. The highest BCUT2D eigenvalue weighted by Gasteiger charge is 2.50. The zero-order chi connectivity index (χ0) is 24.5. The fourth-order valence-corrected chi connectivity index (χ4v) is 4.00. The number of urea groups is 1. The standard InChI is InChI=1S/C24H27N3O7/c1-24(15-9-10-17(31-3)20(11-15)32-4)22(29)27(23(30)25-24)13-21(28)26(2)12-16-14-33-18-7-5-6-8-19(18)34-16/h5-11,16H,12-14H2,1-4H3,(H,25,30)/t16-,24+/m0/s1. The van der Waals surface area contributed by atoms with Gasteiger partial charge in [0.25, 0.3) is 5.91 Å². The van der Waals surface area contributed by atoms with Crippen LogP contribution in [0.4, 0.5) is 4.79 Å². The Bertz CT molecular complexity index is 1120. The molecular weight excluding hydrogens is 442 g/mol. The molecule has 1 N–H and O–H groups in total. The zero-order valence-electron chi connectivity index (χ0n) is 19.5. The number of nitrogens with one attached hydrogen (secondary N) is 1.